The molecule has 146 valence electrons. The Hall–Kier alpha value is -2.09. The van der Waals surface area contributed by atoms with Crippen LogP contribution in [-0.2, 0) is 21.4 Å². The van der Waals surface area contributed by atoms with Gasteiger partial charge < -0.3 is 10.1 Å². The van der Waals surface area contributed by atoms with Gasteiger partial charge in [-0.3, -0.25) is 4.79 Å². The summed E-state index contributed by atoms with van der Waals surface area (Å²) in [5, 5.41) is 3.28. The highest BCUT2D eigenvalue weighted by Crippen LogP contribution is 2.21. The van der Waals surface area contributed by atoms with Gasteiger partial charge in [-0.25, -0.2) is 8.42 Å². The molecule has 0 aliphatic rings. The Balaban J connectivity index is 1.82. The summed E-state index contributed by atoms with van der Waals surface area (Å²) < 4.78 is 30.6. The minimum atomic E-state index is -3.51. The minimum absolute atomic E-state index is 0.144. The second-order valence-electron chi connectivity index (χ2n) is 6.13. The van der Waals surface area contributed by atoms with E-state index in [-0.39, 0.29) is 32.1 Å². The van der Waals surface area contributed by atoms with Gasteiger partial charge in [-0.05, 0) is 30.2 Å². The third-order valence-corrected chi connectivity index (χ3v) is 5.43. The summed E-state index contributed by atoms with van der Waals surface area (Å²) in [6.07, 6.45) is 1.09. The van der Waals surface area contributed by atoms with Crippen molar-refractivity contribution >= 4 is 27.5 Å². The van der Waals surface area contributed by atoms with Crippen LogP contribution in [0.4, 0.5) is 0 Å². The fourth-order valence-corrected chi connectivity index (χ4v) is 3.22. The van der Waals surface area contributed by atoms with Crippen LogP contribution in [0.1, 0.15) is 11.1 Å². The summed E-state index contributed by atoms with van der Waals surface area (Å²) in [5.41, 5.74) is 1.77. The number of ether oxygens (including phenoxy) is 1. The van der Waals surface area contributed by atoms with Crippen molar-refractivity contribution in [3.63, 3.8) is 0 Å². The molecule has 0 aliphatic heterocycles. The maximum atomic E-state index is 12.1. The summed E-state index contributed by atoms with van der Waals surface area (Å²) in [6, 6.07) is 14.5. The molecule has 27 heavy (non-hydrogen) atoms. The molecule has 0 saturated carbocycles. The van der Waals surface area contributed by atoms with E-state index in [1.165, 1.54) is 0 Å². The van der Waals surface area contributed by atoms with Crippen LogP contribution >= 0.6 is 11.6 Å². The van der Waals surface area contributed by atoms with Gasteiger partial charge in [-0.1, -0.05) is 48.0 Å². The lowest BCUT2D eigenvalue weighted by molar-refractivity contribution is -0.121. The number of aryl methyl sites for hydroxylation is 1. The summed E-state index contributed by atoms with van der Waals surface area (Å²) in [5.74, 6) is 0.226. The first-order valence-corrected chi connectivity index (χ1v) is 10.6. The largest absolute Gasteiger partial charge is 0.492 e. The van der Waals surface area contributed by atoms with E-state index >= 15 is 0 Å². The number of carbonyl (C=O) groups excluding carboxylic acids is 1. The molecule has 6 nitrogen and oxygen atoms in total. The van der Waals surface area contributed by atoms with Crippen molar-refractivity contribution in [2.75, 3.05) is 26.0 Å². The number of sulfonamides is 1. The van der Waals surface area contributed by atoms with Crippen molar-refractivity contribution in [2.24, 2.45) is 0 Å². The number of rotatable bonds is 9. The standard InChI is InChI=1S/C19H23ClN2O4S/c1-15-8-9-17(12-18(15)20)26-11-10-21-19(23)14-22(27(2,24)25)13-16-6-4-3-5-7-16/h3-9,12H,10-11,13-14H2,1-2H3,(H,21,23). The van der Waals surface area contributed by atoms with Crippen LogP contribution in [0.25, 0.3) is 0 Å². The Kier molecular flexibility index (Phi) is 7.65. The van der Waals surface area contributed by atoms with E-state index in [0.717, 1.165) is 21.7 Å². The molecule has 0 spiro atoms. The van der Waals surface area contributed by atoms with E-state index in [2.05, 4.69) is 5.32 Å². The van der Waals surface area contributed by atoms with Crippen LogP contribution in [0.3, 0.4) is 0 Å². The first-order chi connectivity index (χ1) is 12.8. The van der Waals surface area contributed by atoms with E-state index in [0.29, 0.717) is 10.8 Å². The fraction of sp³-hybridized carbons (Fsp3) is 0.316. The van der Waals surface area contributed by atoms with Crippen LogP contribution < -0.4 is 10.1 Å². The van der Waals surface area contributed by atoms with Gasteiger partial charge in [0.1, 0.15) is 12.4 Å². The quantitative estimate of drug-likeness (QED) is 0.645. The highest BCUT2D eigenvalue weighted by molar-refractivity contribution is 7.88. The molecule has 2 rings (SSSR count). The molecule has 0 bridgehead atoms. The minimum Gasteiger partial charge on any atom is -0.492 e. The Morgan fingerprint density at radius 2 is 1.89 bits per heavy atom. The van der Waals surface area contributed by atoms with Crippen LogP contribution in [0.2, 0.25) is 5.02 Å². The number of benzene rings is 2. The monoisotopic (exact) mass is 410 g/mol. The van der Waals surface area contributed by atoms with E-state index < -0.39 is 10.0 Å². The highest BCUT2D eigenvalue weighted by atomic mass is 35.5. The van der Waals surface area contributed by atoms with E-state index in [4.69, 9.17) is 16.3 Å². The molecule has 0 heterocycles. The van der Waals surface area contributed by atoms with Crippen molar-refractivity contribution in [3.05, 3.63) is 64.7 Å². The maximum Gasteiger partial charge on any atom is 0.235 e. The maximum absolute atomic E-state index is 12.1. The average Bonchev–Trinajstić information content (AvgIpc) is 2.61. The van der Waals surface area contributed by atoms with Crippen LogP contribution in [0.5, 0.6) is 5.75 Å². The predicted octanol–water partition coefficient (Wildman–Crippen LogP) is 2.61. The Morgan fingerprint density at radius 3 is 2.52 bits per heavy atom. The van der Waals surface area contributed by atoms with Crippen molar-refractivity contribution in [2.45, 2.75) is 13.5 Å². The number of hydrogen-bond donors (Lipinski definition) is 1. The van der Waals surface area contributed by atoms with Crippen LogP contribution in [0, 0.1) is 6.92 Å². The molecule has 0 radical (unpaired) electrons. The molecule has 0 unspecified atom stereocenters. The van der Waals surface area contributed by atoms with Crippen molar-refractivity contribution in [1.29, 1.82) is 0 Å². The van der Waals surface area contributed by atoms with Gasteiger partial charge in [0, 0.05) is 11.6 Å². The number of carbonyl (C=O) groups is 1. The molecule has 0 aliphatic carbocycles. The Labute approximate surface area is 165 Å². The van der Waals surface area contributed by atoms with Crippen molar-refractivity contribution in [1.82, 2.24) is 9.62 Å². The van der Waals surface area contributed by atoms with E-state index in [1.807, 2.05) is 43.3 Å². The fourth-order valence-electron chi connectivity index (χ4n) is 2.32. The SMILES string of the molecule is Cc1ccc(OCCNC(=O)CN(Cc2ccccc2)S(C)(=O)=O)cc1Cl. The zero-order valence-electron chi connectivity index (χ0n) is 15.3. The topological polar surface area (TPSA) is 75.7 Å². The highest BCUT2D eigenvalue weighted by Gasteiger charge is 2.20. The zero-order chi connectivity index (χ0) is 19.9. The van der Waals surface area contributed by atoms with Crippen LogP contribution in [0.15, 0.2) is 48.5 Å². The number of amides is 1. The first-order valence-electron chi connectivity index (χ1n) is 8.40. The summed E-state index contributed by atoms with van der Waals surface area (Å²) >= 11 is 6.03. The predicted molar refractivity (Wildman–Crippen MR) is 106 cm³/mol. The van der Waals surface area contributed by atoms with Gasteiger partial charge in [0.15, 0.2) is 0 Å². The molecule has 2 aromatic carbocycles. The van der Waals surface area contributed by atoms with Crippen LogP contribution in [-0.4, -0.2) is 44.6 Å². The molecule has 0 fully saturated rings. The lowest BCUT2D eigenvalue weighted by Gasteiger charge is -2.19. The summed E-state index contributed by atoms with van der Waals surface area (Å²) in [4.78, 5) is 12.1. The summed E-state index contributed by atoms with van der Waals surface area (Å²) in [7, 11) is -3.51. The molecule has 8 heteroatoms. The third-order valence-electron chi connectivity index (χ3n) is 3.83. The molecule has 0 aromatic heterocycles. The second-order valence-corrected chi connectivity index (χ2v) is 8.52. The number of halogens is 1. The molecular weight excluding hydrogens is 388 g/mol. The van der Waals surface area contributed by atoms with E-state index in [1.54, 1.807) is 12.1 Å². The lowest BCUT2D eigenvalue weighted by Crippen LogP contribution is -2.40. The summed E-state index contributed by atoms with van der Waals surface area (Å²) in [6.45, 7) is 2.31. The smallest absolute Gasteiger partial charge is 0.235 e. The normalized spacial score (nSPS) is 11.4. The number of hydrogen-bond acceptors (Lipinski definition) is 4. The van der Waals surface area contributed by atoms with Crippen molar-refractivity contribution < 1.29 is 17.9 Å². The number of nitrogens with zero attached hydrogens (tertiary/aromatic N) is 1. The molecular formula is C19H23ClN2O4S. The molecule has 1 amide bonds. The average molecular weight is 411 g/mol. The van der Waals surface area contributed by atoms with Gasteiger partial charge in [0.2, 0.25) is 15.9 Å². The molecule has 2 aromatic rings. The lowest BCUT2D eigenvalue weighted by atomic mass is 10.2. The van der Waals surface area contributed by atoms with Crippen molar-refractivity contribution in [3.8, 4) is 5.75 Å². The second kappa shape index (κ2) is 9.73. The Bertz CT molecular complexity index is 873. The van der Waals surface area contributed by atoms with Gasteiger partial charge in [0.25, 0.3) is 0 Å². The van der Waals surface area contributed by atoms with E-state index in [9.17, 15) is 13.2 Å². The molecule has 0 atom stereocenters. The molecule has 1 N–H and O–H groups in total. The first kappa shape index (κ1) is 21.2. The van der Waals surface area contributed by atoms with Gasteiger partial charge in [-0.2, -0.15) is 4.31 Å². The Morgan fingerprint density at radius 1 is 1.19 bits per heavy atom. The van der Waals surface area contributed by atoms with Gasteiger partial charge >= 0.3 is 0 Å². The molecule has 0 saturated heterocycles. The third kappa shape index (κ3) is 7.21. The number of nitrogens with one attached hydrogen (secondary N) is 1. The van der Waals surface area contributed by atoms with Gasteiger partial charge in [0.05, 0.1) is 19.3 Å². The zero-order valence-corrected chi connectivity index (χ0v) is 16.9. The van der Waals surface area contributed by atoms with Gasteiger partial charge in [-0.15, -0.1) is 0 Å².